The van der Waals surface area contributed by atoms with E-state index in [-0.39, 0.29) is 0 Å². The second-order valence-electron chi connectivity index (χ2n) is 6.39. The van der Waals surface area contributed by atoms with Crippen molar-refractivity contribution < 1.29 is 33.3 Å². The lowest BCUT2D eigenvalue weighted by molar-refractivity contribution is -0.245. The molecule has 142 valence electrons. The number of rotatable bonds is 4. The Hall–Kier alpha value is -2.41. The van der Waals surface area contributed by atoms with E-state index in [1.807, 2.05) is 31.2 Å². The topological polar surface area (TPSA) is 88.1 Å². The molecule has 1 saturated heterocycles. The molecule has 1 fully saturated rings. The molecule has 0 aromatic heterocycles. The number of hydrogen-bond donors (Lipinski definition) is 0. The van der Waals surface area contributed by atoms with Crippen molar-refractivity contribution in [3.8, 4) is 0 Å². The molecule has 1 heterocycles. The van der Waals surface area contributed by atoms with Gasteiger partial charge in [-0.2, -0.15) is 0 Å². The zero-order valence-electron chi connectivity index (χ0n) is 15.6. The predicted octanol–water partition coefficient (Wildman–Crippen LogP) is 2.25. The van der Waals surface area contributed by atoms with Gasteiger partial charge < -0.3 is 18.9 Å². The number of carbonyl (C=O) groups excluding carboxylic acids is 3. The Morgan fingerprint density at radius 2 is 1.27 bits per heavy atom. The first-order valence-corrected chi connectivity index (χ1v) is 8.42. The van der Waals surface area contributed by atoms with Crippen molar-refractivity contribution in [3.63, 3.8) is 0 Å². The number of hydrogen-bond acceptors (Lipinski definition) is 7. The van der Waals surface area contributed by atoms with E-state index in [0.717, 1.165) is 11.1 Å². The summed E-state index contributed by atoms with van der Waals surface area (Å²) in [7, 11) is 0. The molecule has 0 amide bonds. The number of carbonyl (C=O) groups is 3. The fraction of sp³-hybridized carbons (Fsp3) is 0.526. The van der Waals surface area contributed by atoms with Crippen LogP contribution in [0.3, 0.4) is 0 Å². The highest BCUT2D eigenvalue weighted by molar-refractivity contribution is 5.68. The van der Waals surface area contributed by atoms with E-state index < -0.39 is 48.4 Å². The lowest BCUT2D eigenvalue weighted by Crippen LogP contribution is -2.57. The molecule has 0 bridgehead atoms. The molecule has 1 aromatic rings. The van der Waals surface area contributed by atoms with Crippen molar-refractivity contribution >= 4 is 17.9 Å². The van der Waals surface area contributed by atoms with Crippen LogP contribution < -0.4 is 0 Å². The smallest absolute Gasteiger partial charge is 0.303 e. The SMILES string of the molecule is CC(=O)O[C@@H]1[C@@H](OC(C)=O)[C@H](c2ccc(C)cc2)O[C@H](C)[C@H]1OC(C)=O. The molecule has 7 heteroatoms. The second-order valence-corrected chi connectivity index (χ2v) is 6.39. The highest BCUT2D eigenvalue weighted by Crippen LogP contribution is 2.37. The van der Waals surface area contributed by atoms with E-state index in [4.69, 9.17) is 18.9 Å². The second kappa shape index (κ2) is 8.31. The van der Waals surface area contributed by atoms with Crippen molar-refractivity contribution in [2.75, 3.05) is 0 Å². The van der Waals surface area contributed by atoms with Gasteiger partial charge in [-0.25, -0.2) is 0 Å². The third-order valence-electron chi connectivity index (χ3n) is 4.08. The largest absolute Gasteiger partial charge is 0.456 e. The summed E-state index contributed by atoms with van der Waals surface area (Å²) in [5.74, 6) is -1.66. The van der Waals surface area contributed by atoms with E-state index in [1.165, 1.54) is 20.8 Å². The molecule has 1 aliphatic rings. The summed E-state index contributed by atoms with van der Waals surface area (Å²) in [6.45, 7) is 7.43. The summed E-state index contributed by atoms with van der Waals surface area (Å²) in [5.41, 5.74) is 1.84. The minimum Gasteiger partial charge on any atom is -0.456 e. The van der Waals surface area contributed by atoms with Crippen LogP contribution in [0, 0.1) is 6.92 Å². The Morgan fingerprint density at radius 1 is 0.808 bits per heavy atom. The lowest BCUT2D eigenvalue weighted by atomic mass is 9.90. The average Bonchev–Trinajstić information content (AvgIpc) is 2.53. The van der Waals surface area contributed by atoms with E-state index in [9.17, 15) is 14.4 Å². The zero-order chi connectivity index (χ0) is 19.4. The maximum Gasteiger partial charge on any atom is 0.303 e. The summed E-state index contributed by atoms with van der Waals surface area (Å²) in [6, 6.07) is 7.54. The molecular formula is C19H24O7. The molecular weight excluding hydrogens is 340 g/mol. The molecule has 0 N–H and O–H groups in total. The van der Waals surface area contributed by atoms with Gasteiger partial charge >= 0.3 is 17.9 Å². The highest BCUT2D eigenvalue weighted by Gasteiger charge is 2.50. The molecule has 2 rings (SSSR count). The van der Waals surface area contributed by atoms with Gasteiger partial charge in [0.1, 0.15) is 6.10 Å². The Bertz CT molecular complexity index is 667. The summed E-state index contributed by atoms with van der Waals surface area (Å²) in [4.78, 5) is 34.8. The summed E-state index contributed by atoms with van der Waals surface area (Å²) in [5, 5.41) is 0. The first-order valence-electron chi connectivity index (χ1n) is 8.42. The van der Waals surface area contributed by atoms with Crippen LogP contribution in [0.4, 0.5) is 0 Å². The summed E-state index contributed by atoms with van der Waals surface area (Å²) >= 11 is 0. The van der Waals surface area contributed by atoms with E-state index in [1.54, 1.807) is 6.92 Å². The van der Waals surface area contributed by atoms with Crippen LogP contribution in [0.2, 0.25) is 0 Å². The van der Waals surface area contributed by atoms with Crippen molar-refractivity contribution in [3.05, 3.63) is 35.4 Å². The van der Waals surface area contributed by atoms with Crippen LogP contribution in [0.15, 0.2) is 24.3 Å². The monoisotopic (exact) mass is 364 g/mol. The molecule has 1 aromatic carbocycles. The molecule has 7 nitrogen and oxygen atoms in total. The minimum absolute atomic E-state index is 0.544. The van der Waals surface area contributed by atoms with Crippen molar-refractivity contribution in [1.82, 2.24) is 0 Å². The highest BCUT2D eigenvalue weighted by atomic mass is 16.6. The van der Waals surface area contributed by atoms with Gasteiger partial charge in [-0.15, -0.1) is 0 Å². The third-order valence-corrected chi connectivity index (χ3v) is 4.08. The van der Waals surface area contributed by atoms with Gasteiger partial charge in [0, 0.05) is 20.8 Å². The number of aryl methyl sites for hydroxylation is 1. The Morgan fingerprint density at radius 3 is 1.77 bits per heavy atom. The Kier molecular flexibility index (Phi) is 6.37. The quantitative estimate of drug-likeness (QED) is 0.598. The van der Waals surface area contributed by atoms with Crippen molar-refractivity contribution in [2.45, 2.75) is 65.1 Å². The molecule has 0 aliphatic carbocycles. The third kappa shape index (κ3) is 4.82. The lowest BCUT2D eigenvalue weighted by Gasteiger charge is -2.44. The van der Waals surface area contributed by atoms with Crippen molar-refractivity contribution in [1.29, 1.82) is 0 Å². The van der Waals surface area contributed by atoms with Gasteiger partial charge in [-0.3, -0.25) is 14.4 Å². The van der Waals surface area contributed by atoms with Gasteiger partial charge in [-0.05, 0) is 19.4 Å². The molecule has 0 saturated carbocycles. The van der Waals surface area contributed by atoms with Gasteiger partial charge in [0.25, 0.3) is 0 Å². The minimum atomic E-state index is -0.977. The fourth-order valence-electron chi connectivity index (χ4n) is 3.04. The number of ether oxygens (including phenoxy) is 4. The van der Waals surface area contributed by atoms with Crippen LogP contribution in [0.1, 0.15) is 44.9 Å². The van der Waals surface area contributed by atoms with Crippen LogP contribution in [0.25, 0.3) is 0 Å². The molecule has 26 heavy (non-hydrogen) atoms. The fourth-order valence-corrected chi connectivity index (χ4v) is 3.04. The standard InChI is InChI=1S/C19H24O7/c1-10-6-8-15(9-7-10)17-19(26-14(5)22)18(25-13(4)21)16(11(2)23-17)24-12(3)20/h6-9,11,16-19H,1-5H3/t11-,16-,17+,18+,19+/m1/s1. The Labute approximate surface area is 152 Å². The first-order chi connectivity index (χ1) is 12.2. The normalized spacial score (nSPS) is 28.1. The number of esters is 3. The molecule has 1 aliphatic heterocycles. The van der Waals surface area contributed by atoms with Crippen molar-refractivity contribution in [2.24, 2.45) is 0 Å². The zero-order valence-corrected chi connectivity index (χ0v) is 15.6. The number of benzene rings is 1. The average molecular weight is 364 g/mol. The first kappa shape index (κ1) is 19.9. The van der Waals surface area contributed by atoms with Crippen LogP contribution in [-0.2, 0) is 33.3 Å². The van der Waals surface area contributed by atoms with Gasteiger partial charge in [0.05, 0.1) is 6.10 Å². The maximum atomic E-state index is 11.7. The van der Waals surface area contributed by atoms with Crippen LogP contribution in [0.5, 0.6) is 0 Å². The predicted molar refractivity (Wildman–Crippen MR) is 91.1 cm³/mol. The van der Waals surface area contributed by atoms with Gasteiger partial charge in [0.2, 0.25) is 0 Å². The van der Waals surface area contributed by atoms with E-state index in [2.05, 4.69) is 0 Å². The molecule has 0 unspecified atom stereocenters. The molecule has 5 atom stereocenters. The van der Waals surface area contributed by atoms with Crippen LogP contribution in [-0.4, -0.2) is 42.3 Å². The van der Waals surface area contributed by atoms with Gasteiger partial charge in [0.15, 0.2) is 18.3 Å². The van der Waals surface area contributed by atoms with Gasteiger partial charge in [-0.1, -0.05) is 29.8 Å². The summed E-state index contributed by atoms with van der Waals surface area (Å²) in [6.07, 6.45) is -4.04. The summed E-state index contributed by atoms with van der Waals surface area (Å²) < 4.78 is 22.1. The molecule has 0 radical (unpaired) electrons. The molecule has 0 spiro atoms. The van der Waals surface area contributed by atoms with Crippen LogP contribution >= 0.6 is 0 Å². The van der Waals surface area contributed by atoms with E-state index in [0.29, 0.717) is 0 Å². The van der Waals surface area contributed by atoms with E-state index >= 15 is 0 Å². The maximum absolute atomic E-state index is 11.7. The Balaban J connectivity index is 2.44.